The molecule has 1 aliphatic rings. The number of hydrogen-bond acceptors (Lipinski definition) is 4. The van der Waals surface area contributed by atoms with E-state index in [0.29, 0.717) is 0 Å². The summed E-state index contributed by atoms with van der Waals surface area (Å²) in [6.45, 7) is 7.11. The van der Waals surface area contributed by atoms with Gasteiger partial charge in [-0.15, -0.1) is 0 Å². The summed E-state index contributed by atoms with van der Waals surface area (Å²) in [7, 11) is 0. The highest BCUT2D eigenvalue weighted by molar-refractivity contribution is 5.60. The van der Waals surface area contributed by atoms with E-state index in [0.717, 1.165) is 19.5 Å². The van der Waals surface area contributed by atoms with Crippen molar-refractivity contribution >= 4 is 6.16 Å². The van der Waals surface area contributed by atoms with Crippen molar-refractivity contribution in [2.75, 3.05) is 13.1 Å². The third-order valence-electron chi connectivity index (χ3n) is 1.67. The third-order valence-corrected chi connectivity index (χ3v) is 1.67. The Morgan fingerprint density at radius 1 is 1.46 bits per heavy atom. The molecule has 4 heteroatoms. The zero-order valence-corrected chi connectivity index (χ0v) is 8.42. The van der Waals surface area contributed by atoms with Gasteiger partial charge in [-0.05, 0) is 33.7 Å². The minimum absolute atomic E-state index is 0.0187. The molecule has 0 aromatic heterocycles. The molecule has 0 aliphatic carbocycles. The minimum Gasteiger partial charge on any atom is -0.430 e. The molecule has 1 fully saturated rings. The van der Waals surface area contributed by atoms with Gasteiger partial charge in [0.2, 0.25) is 0 Å². The lowest BCUT2D eigenvalue weighted by Crippen LogP contribution is -2.28. The third kappa shape index (κ3) is 4.12. The van der Waals surface area contributed by atoms with E-state index in [-0.39, 0.29) is 6.10 Å². The van der Waals surface area contributed by atoms with Crippen molar-refractivity contribution in [3.8, 4) is 0 Å². The number of hydrogen-bond donors (Lipinski definition) is 1. The van der Waals surface area contributed by atoms with Gasteiger partial charge in [0, 0.05) is 6.54 Å². The smallest absolute Gasteiger partial charge is 0.430 e. The highest BCUT2D eigenvalue weighted by Gasteiger charge is 2.23. The van der Waals surface area contributed by atoms with E-state index in [1.807, 2.05) is 20.8 Å². The van der Waals surface area contributed by atoms with Gasteiger partial charge in [-0.3, -0.25) is 0 Å². The van der Waals surface area contributed by atoms with Crippen molar-refractivity contribution in [2.24, 2.45) is 0 Å². The van der Waals surface area contributed by atoms with Gasteiger partial charge in [-0.1, -0.05) is 0 Å². The van der Waals surface area contributed by atoms with Crippen LogP contribution in [0.25, 0.3) is 0 Å². The van der Waals surface area contributed by atoms with Crippen LogP contribution in [0, 0.1) is 0 Å². The van der Waals surface area contributed by atoms with E-state index >= 15 is 0 Å². The van der Waals surface area contributed by atoms with Crippen LogP contribution in [0.2, 0.25) is 0 Å². The second-order valence-corrected chi connectivity index (χ2v) is 4.20. The Labute approximate surface area is 78.6 Å². The molecule has 1 rings (SSSR count). The maximum Gasteiger partial charge on any atom is 0.509 e. The van der Waals surface area contributed by atoms with E-state index in [1.54, 1.807) is 0 Å². The highest BCUT2D eigenvalue weighted by atomic mass is 16.7. The molecular formula is C9H17NO3. The maximum atomic E-state index is 11.1. The van der Waals surface area contributed by atoms with Crippen LogP contribution in [0.1, 0.15) is 27.2 Å². The molecule has 0 bridgehead atoms. The zero-order chi connectivity index (χ0) is 9.90. The van der Waals surface area contributed by atoms with Crippen molar-refractivity contribution in [1.82, 2.24) is 5.32 Å². The monoisotopic (exact) mass is 187 g/mol. The van der Waals surface area contributed by atoms with Crippen LogP contribution in [-0.4, -0.2) is 30.9 Å². The van der Waals surface area contributed by atoms with Crippen molar-refractivity contribution in [3.63, 3.8) is 0 Å². The Morgan fingerprint density at radius 3 is 2.62 bits per heavy atom. The van der Waals surface area contributed by atoms with Crippen LogP contribution in [0.5, 0.6) is 0 Å². The maximum absolute atomic E-state index is 11.1. The van der Waals surface area contributed by atoms with Crippen LogP contribution in [-0.2, 0) is 9.47 Å². The summed E-state index contributed by atoms with van der Waals surface area (Å²) in [4.78, 5) is 11.1. The fraction of sp³-hybridized carbons (Fsp3) is 0.889. The first kappa shape index (κ1) is 10.3. The number of carbonyl (C=O) groups is 1. The van der Waals surface area contributed by atoms with Crippen molar-refractivity contribution in [2.45, 2.75) is 38.9 Å². The largest absolute Gasteiger partial charge is 0.509 e. The van der Waals surface area contributed by atoms with Crippen LogP contribution in [0.4, 0.5) is 4.79 Å². The van der Waals surface area contributed by atoms with E-state index < -0.39 is 11.8 Å². The lowest BCUT2D eigenvalue weighted by Gasteiger charge is -2.20. The predicted molar refractivity (Wildman–Crippen MR) is 48.6 cm³/mol. The Hall–Kier alpha value is -0.770. The van der Waals surface area contributed by atoms with Gasteiger partial charge in [0.15, 0.2) is 0 Å². The van der Waals surface area contributed by atoms with Crippen molar-refractivity contribution in [3.05, 3.63) is 0 Å². The molecule has 1 saturated heterocycles. The van der Waals surface area contributed by atoms with Crippen LogP contribution in [0.15, 0.2) is 0 Å². The summed E-state index contributed by atoms with van der Waals surface area (Å²) in [5.74, 6) is 0. The van der Waals surface area contributed by atoms with Gasteiger partial charge in [0.05, 0.1) is 0 Å². The molecule has 4 nitrogen and oxygen atoms in total. The first-order valence-corrected chi connectivity index (χ1v) is 4.58. The SMILES string of the molecule is CC(C)(C)OC(=O)OC1CCNC1. The first-order chi connectivity index (χ1) is 5.97. The van der Waals surface area contributed by atoms with Crippen LogP contribution < -0.4 is 5.32 Å². The predicted octanol–water partition coefficient (Wildman–Crippen LogP) is 1.30. The normalized spacial score (nSPS) is 22.8. The molecular weight excluding hydrogens is 170 g/mol. The van der Waals surface area contributed by atoms with E-state index in [1.165, 1.54) is 0 Å². The Bertz CT molecular complexity index is 180. The molecule has 1 heterocycles. The average Bonchev–Trinajstić information content (AvgIpc) is 2.34. The van der Waals surface area contributed by atoms with Gasteiger partial charge < -0.3 is 14.8 Å². The number of ether oxygens (including phenoxy) is 2. The Balaban J connectivity index is 2.24. The van der Waals surface area contributed by atoms with Gasteiger partial charge in [-0.25, -0.2) is 4.79 Å². The summed E-state index contributed by atoms with van der Waals surface area (Å²) in [5, 5.41) is 3.11. The van der Waals surface area contributed by atoms with Crippen molar-refractivity contribution < 1.29 is 14.3 Å². The first-order valence-electron chi connectivity index (χ1n) is 4.58. The summed E-state index contributed by atoms with van der Waals surface area (Å²) in [6, 6.07) is 0. The fourth-order valence-corrected chi connectivity index (χ4v) is 1.14. The fourth-order valence-electron chi connectivity index (χ4n) is 1.14. The number of rotatable bonds is 1. The topological polar surface area (TPSA) is 47.6 Å². The van der Waals surface area contributed by atoms with E-state index in [9.17, 15) is 4.79 Å². The lowest BCUT2D eigenvalue weighted by molar-refractivity contribution is -0.0228. The summed E-state index contributed by atoms with van der Waals surface area (Å²) >= 11 is 0. The molecule has 1 unspecified atom stereocenters. The van der Waals surface area contributed by atoms with Crippen molar-refractivity contribution in [1.29, 1.82) is 0 Å². The molecule has 0 amide bonds. The van der Waals surface area contributed by atoms with Gasteiger partial charge in [-0.2, -0.15) is 0 Å². The summed E-state index contributed by atoms with van der Waals surface area (Å²) in [6.07, 6.45) is 0.287. The minimum atomic E-state index is -0.568. The van der Waals surface area contributed by atoms with Crippen LogP contribution in [0.3, 0.4) is 0 Å². The van der Waals surface area contributed by atoms with Gasteiger partial charge in [0.1, 0.15) is 11.7 Å². The van der Waals surface area contributed by atoms with Crippen LogP contribution >= 0.6 is 0 Å². The summed E-state index contributed by atoms with van der Waals surface area (Å²) in [5.41, 5.74) is -0.469. The molecule has 1 aliphatic heterocycles. The standard InChI is InChI=1S/C9H17NO3/c1-9(2,3)13-8(11)12-7-4-5-10-6-7/h7,10H,4-6H2,1-3H3. The molecule has 0 aromatic carbocycles. The number of carbonyl (C=O) groups excluding carboxylic acids is 1. The second-order valence-electron chi connectivity index (χ2n) is 4.20. The van der Waals surface area contributed by atoms with E-state index in [4.69, 9.17) is 9.47 Å². The highest BCUT2D eigenvalue weighted by Crippen LogP contribution is 2.11. The molecule has 0 radical (unpaired) electrons. The second kappa shape index (κ2) is 3.96. The Kier molecular flexibility index (Phi) is 3.14. The molecule has 13 heavy (non-hydrogen) atoms. The average molecular weight is 187 g/mol. The number of nitrogens with one attached hydrogen (secondary N) is 1. The molecule has 1 N–H and O–H groups in total. The van der Waals surface area contributed by atoms with Gasteiger partial charge in [0.25, 0.3) is 0 Å². The van der Waals surface area contributed by atoms with E-state index in [2.05, 4.69) is 5.32 Å². The lowest BCUT2D eigenvalue weighted by atomic mass is 10.2. The zero-order valence-electron chi connectivity index (χ0n) is 8.42. The Morgan fingerprint density at radius 2 is 2.15 bits per heavy atom. The quantitative estimate of drug-likeness (QED) is 0.628. The summed E-state index contributed by atoms with van der Waals surface area (Å²) < 4.78 is 10.1. The molecule has 0 saturated carbocycles. The van der Waals surface area contributed by atoms with Gasteiger partial charge >= 0.3 is 6.16 Å². The molecule has 0 aromatic rings. The molecule has 0 spiro atoms. The molecule has 1 atom stereocenters. The molecule has 76 valence electrons.